The van der Waals surface area contributed by atoms with Crippen LogP contribution in [0.15, 0.2) is 24.7 Å². The molecule has 1 fully saturated rings. The lowest BCUT2D eigenvalue weighted by Gasteiger charge is -2.33. The maximum Gasteiger partial charge on any atom is 0.435 e. The lowest BCUT2D eigenvalue weighted by Crippen LogP contribution is -2.38. The van der Waals surface area contributed by atoms with Crippen LogP contribution in [0.4, 0.5) is 19.0 Å². The summed E-state index contributed by atoms with van der Waals surface area (Å²) in [6.07, 6.45) is 1.32. The van der Waals surface area contributed by atoms with Crippen LogP contribution in [0.1, 0.15) is 30.3 Å². The first-order valence-corrected chi connectivity index (χ1v) is 7.07. The molecule has 6 nitrogen and oxygen atoms in total. The van der Waals surface area contributed by atoms with Gasteiger partial charge in [-0.2, -0.15) is 23.5 Å². The number of rotatable bonds is 2. The van der Waals surface area contributed by atoms with E-state index in [1.807, 2.05) is 11.0 Å². The van der Waals surface area contributed by atoms with Crippen LogP contribution in [0.3, 0.4) is 0 Å². The number of aromatic nitrogens is 4. The first-order chi connectivity index (χ1) is 11.0. The first-order valence-electron chi connectivity index (χ1n) is 7.07. The van der Waals surface area contributed by atoms with Gasteiger partial charge in [0, 0.05) is 31.7 Å². The molecule has 3 rings (SSSR count). The van der Waals surface area contributed by atoms with Gasteiger partial charge in [-0.15, -0.1) is 0 Å². The van der Waals surface area contributed by atoms with Crippen LogP contribution in [0.25, 0.3) is 0 Å². The number of alkyl halides is 3. The van der Waals surface area contributed by atoms with Crippen molar-refractivity contribution < 1.29 is 13.2 Å². The second kappa shape index (κ2) is 5.87. The monoisotopic (exact) mass is 322 g/mol. The number of hydrogen-bond donors (Lipinski definition) is 0. The second-order valence-corrected chi connectivity index (χ2v) is 5.26. The van der Waals surface area contributed by atoms with Gasteiger partial charge in [-0.1, -0.05) is 0 Å². The fourth-order valence-electron chi connectivity index (χ4n) is 2.70. The summed E-state index contributed by atoms with van der Waals surface area (Å²) >= 11 is 0. The van der Waals surface area contributed by atoms with Crippen molar-refractivity contribution in [2.24, 2.45) is 0 Å². The molecule has 0 N–H and O–H groups in total. The molecule has 1 unspecified atom stereocenters. The molecule has 1 aliphatic heterocycles. The minimum Gasteiger partial charge on any atom is -0.352 e. The van der Waals surface area contributed by atoms with Crippen molar-refractivity contribution in [1.29, 1.82) is 5.26 Å². The predicted octanol–water partition coefficient (Wildman–Crippen LogP) is 2.41. The zero-order valence-electron chi connectivity index (χ0n) is 12.0. The van der Waals surface area contributed by atoms with Gasteiger partial charge in [-0.25, -0.2) is 9.97 Å². The highest BCUT2D eigenvalue weighted by Gasteiger charge is 2.34. The molecule has 3 heterocycles. The Kier molecular flexibility index (Phi) is 3.90. The van der Waals surface area contributed by atoms with Gasteiger partial charge < -0.3 is 4.90 Å². The number of nitrogens with zero attached hydrogens (tertiary/aromatic N) is 6. The van der Waals surface area contributed by atoms with Crippen LogP contribution >= 0.6 is 0 Å². The Hall–Kier alpha value is -2.63. The van der Waals surface area contributed by atoms with E-state index in [0.717, 1.165) is 18.9 Å². The third kappa shape index (κ3) is 3.11. The van der Waals surface area contributed by atoms with E-state index < -0.39 is 11.9 Å². The second-order valence-electron chi connectivity index (χ2n) is 5.26. The average molecular weight is 322 g/mol. The topological polar surface area (TPSA) is 70.6 Å². The van der Waals surface area contributed by atoms with Crippen LogP contribution < -0.4 is 4.90 Å². The SMILES string of the molecule is N#Cc1nccnc1N1CCCC(n2ccc(C(F)(F)F)n2)C1. The van der Waals surface area contributed by atoms with Crippen LogP contribution in [-0.4, -0.2) is 32.8 Å². The summed E-state index contributed by atoms with van der Waals surface area (Å²) in [5.74, 6) is 0.461. The Labute approximate surface area is 130 Å². The molecule has 0 aromatic carbocycles. The molecular formula is C14H13F3N6. The van der Waals surface area contributed by atoms with Gasteiger partial charge in [0.2, 0.25) is 0 Å². The largest absolute Gasteiger partial charge is 0.435 e. The van der Waals surface area contributed by atoms with E-state index in [4.69, 9.17) is 5.26 Å². The third-order valence-corrected chi connectivity index (χ3v) is 3.75. The van der Waals surface area contributed by atoms with Crippen molar-refractivity contribution in [2.75, 3.05) is 18.0 Å². The summed E-state index contributed by atoms with van der Waals surface area (Å²) in [6.45, 7) is 1.11. The van der Waals surface area contributed by atoms with E-state index >= 15 is 0 Å². The molecule has 0 bridgehead atoms. The molecule has 2 aromatic rings. The average Bonchev–Trinajstić information content (AvgIpc) is 3.05. The van der Waals surface area contributed by atoms with E-state index in [-0.39, 0.29) is 11.7 Å². The fourth-order valence-corrected chi connectivity index (χ4v) is 2.70. The van der Waals surface area contributed by atoms with E-state index in [0.29, 0.717) is 18.9 Å². The number of nitriles is 1. The van der Waals surface area contributed by atoms with Gasteiger partial charge in [-0.05, 0) is 18.9 Å². The summed E-state index contributed by atoms with van der Waals surface area (Å²) < 4.78 is 39.3. The summed E-state index contributed by atoms with van der Waals surface area (Å²) in [7, 11) is 0. The smallest absolute Gasteiger partial charge is 0.352 e. The minimum absolute atomic E-state index is 0.201. The predicted molar refractivity (Wildman–Crippen MR) is 74.5 cm³/mol. The summed E-state index contributed by atoms with van der Waals surface area (Å²) in [5.41, 5.74) is -0.684. The minimum atomic E-state index is -4.45. The van der Waals surface area contributed by atoms with Crippen molar-refractivity contribution in [3.8, 4) is 6.07 Å². The first kappa shape index (κ1) is 15.3. The zero-order valence-corrected chi connectivity index (χ0v) is 12.0. The third-order valence-electron chi connectivity index (χ3n) is 3.75. The highest BCUT2D eigenvalue weighted by molar-refractivity contribution is 5.49. The van der Waals surface area contributed by atoms with Gasteiger partial charge in [-0.3, -0.25) is 4.68 Å². The van der Waals surface area contributed by atoms with E-state index in [1.54, 1.807) is 0 Å². The molecule has 0 saturated carbocycles. The maximum atomic E-state index is 12.7. The van der Waals surface area contributed by atoms with Crippen molar-refractivity contribution >= 4 is 5.82 Å². The van der Waals surface area contributed by atoms with Crippen molar-refractivity contribution in [3.63, 3.8) is 0 Å². The number of hydrogen-bond acceptors (Lipinski definition) is 5. The normalized spacial score (nSPS) is 18.7. The van der Waals surface area contributed by atoms with Gasteiger partial charge >= 0.3 is 6.18 Å². The Morgan fingerprint density at radius 1 is 1.26 bits per heavy atom. The molecule has 0 radical (unpaired) electrons. The standard InChI is InChI=1S/C14H13F3N6/c15-14(16,17)12-3-7-23(21-12)10-2-1-6-22(9-10)13-11(8-18)19-4-5-20-13/h3-5,7,10H,1-2,6,9H2. The molecule has 9 heteroatoms. The zero-order chi connectivity index (χ0) is 16.4. The van der Waals surface area contributed by atoms with Crippen molar-refractivity contribution in [3.05, 3.63) is 36.0 Å². The van der Waals surface area contributed by atoms with E-state index in [1.165, 1.54) is 23.3 Å². The Balaban J connectivity index is 1.81. The fraction of sp³-hybridized carbons (Fsp3) is 0.429. The Bertz CT molecular complexity index is 733. The number of anilines is 1. The molecule has 1 aliphatic rings. The molecule has 1 atom stereocenters. The highest BCUT2D eigenvalue weighted by atomic mass is 19.4. The molecule has 23 heavy (non-hydrogen) atoms. The van der Waals surface area contributed by atoms with Crippen LogP contribution in [0.2, 0.25) is 0 Å². The highest BCUT2D eigenvalue weighted by Crippen LogP contribution is 2.30. The molecular weight excluding hydrogens is 309 g/mol. The van der Waals surface area contributed by atoms with Crippen LogP contribution in [0, 0.1) is 11.3 Å². The lowest BCUT2D eigenvalue weighted by molar-refractivity contribution is -0.141. The van der Waals surface area contributed by atoms with Crippen molar-refractivity contribution in [1.82, 2.24) is 19.7 Å². The summed E-state index contributed by atoms with van der Waals surface area (Å²) in [6, 6.07) is 2.76. The molecule has 0 aliphatic carbocycles. The van der Waals surface area contributed by atoms with Crippen LogP contribution in [0.5, 0.6) is 0 Å². The maximum absolute atomic E-state index is 12.7. The van der Waals surface area contributed by atoms with E-state index in [2.05, 4.69) is 15.1 Å². The number of halogens is 3. The lowest BCUT2D eigenvalue weighted by atomic mass is 10.1. The molecule has 2 aromatic heterocycles. The quantitative estimate of drug-likeness (QED) is 0.849. The van der Waals surface area contributed by atoms with Gasteiger partial charge in [0.15, 0.2) is 17.2 Å². The Morgan fingerprint density at radius 2 is 2.04 bits per heavy atom. The molecule has 0 spiro atoms. The van der Waals surface area contributed by atoms with Crippen LogP contribution in [-0.2, 0) is 6.18 Å². The summed E-state index contributed by atoms with van der Waals surface area (Å²) in [5, 5.41) is 12.7. The van der Waals surface area contributed by atoms with Gasteiger partial charge in [0.1, 0.15) is 6.07 Å². The molecule has 120 valence electrons. The molecule has 0 amide bonds. The summed E-state index contributed by atoms with van der Waals surface area (Å²) in [4.78, 5) is 10.0. The van der Waals surface area contributed by atoms with Gasteiger partial charge in [0.05, 0.1) is 6.04 Å². The van der Waals surface area contributed by atoms with E-state index in [9.17, 15) is 13.2 Å². The Morgan fingerprint density at radius 3 is 2.74 bits per heavy atom. The van der Waals surface area contributed by atoms with Crippen molar-refractivity contribution in [2.45, 2.75) is 25.1 Å². The van der Waals surface area contributed by atoms with Gasteiger partial charge in [0.25, 0.3) is 0 Å². The number of piperidine rings is 1. The molecule has 1 saturated heterocycles.